The maximum absolute atomic E-state index is 12.1. The number of ether oxygens (including phenoxy) is 2. The van der Waals surface area contributed by atoms with E-state index in [2.05, 4.69) is 4.98 Å². The van der Waals surface area contributed by atoms with E-state index in [1.54, 1.807) is 36.5 Å². The first-order chi connectivity index (χ1) is 11.9. The van der Waals surface area contributed by atoms with E-state index in [4.69, 9.17) is 15.2 Å². The molecule has 25 heavy (non-hydrogen) atoms. The van der Waals surface area contributed by atoms with Crippen LogP contribution in [0.3, 0.4) is 0 Å². The fourth-order valence-electron chi connectivity index (χ4n) is 2.88. The smallest absolute Gasteiger partial charge is 0.351 e. The van der Waals surface area contributed by atoms with Crippen LogP contribution in [-0.4, -0.2) is 27.7 Å². The number of benzene rings is 1. The highest BCUT2D eigenvalue weighted by Gasteiger charge is 2.44. The van der Waals surface area contributed by atoms with Gasteiger partial charge in [0.1, 0.15) is 24.3 Å². The van der Waals surface area contributed by atoms with E-state index in [1.807, 2.05) is 19.9 Å². The molecule has 2 N–H and O–H groups in total. The molecule has 0 saturated carbocycles. The Morgan fingerprint density at radius 3 is 2.80 bits per heavy atom. The molecule has 2 heterocycles. The van der Waals surface area contributed by atoms with Gasteiger partial charge in [-0.25, -0.2) is 9.59 Å². The van der Waals surface area contributed by atoms with Crippen molar-refractivity contribution >= 4 is 11.8 Å². The summed E-state index contributed by atoms with van der Waals surface area (Å²) in [7, 11) is 0. The molecule has 0 aliphatic carbocycles. The Kier molecular flexibility index (Phi) is 4.59. The molecule has 132 valence electrons. The van der Waals surface area contributed by atoms with Gasteiger partial charge in [0.15, 0.2) is 0 Å². The van der Waals surface area contributed by atoms with Crippen molar-refractivity contribution < 1.29 is 14.3 Å². The normalized spacial score (nSPS) is 25.7. The second-order valence-corrected chi connectivity index (χ2v) is 6.51. The van der Waals surface area contributed by atoms with Gasteiger partial charge >= 0.3 is 11.7 Å². The number of aromatic nitrogens is 2. The molecule has 7 heteroatoms. The first-order valence-electron chi connectivity index (χ1n) is 8.14. The van der Waals surface area contributed by atoms with E-state index in [9.17, 15) is 9.59 Å². The monoisotopic (exact) mass is 343 g/mol. The number of nitrogens with zero attached hydrogens (tertiary/aromatic N) is 2. The number of hydrogen-bond acceptors (Lipinski definition) is 6. The minimum absolute atomic E-state index is 0.0885. The molecular formula is C18H21N3O4. The summed E-state index contributed by atoms with van der Waals surface area (Å²) in [5, 5.41) is 0. The van der Waals surface area contributed by atoms with Crippen molar-refractivity contribution in [2.75, 3.05) is 12.3 Å². The summed E-state index contributed by atoms with van der Waals surface area (Å²) in [6.07, 6.45) is 1.73. The molecule has 0 spiro atoms. The maximum atomic E-state index is 12.1. The fraction of sp³-hybridized carbons (Fsp3) is 0.389. The number of nitrogens with two attached hydrogens (primary N) is 1. The van der Waals surface area contributed by atoms with E-state index >= 15 is 0 Å². The van der Waals surface area contributed by atoms with Gasteiger partial charge in [0, 0.05) is 6.20 Å². The van der Waals surface area contributed by atoms with Gasteiger partial charge < -0.3 is 15.2 Å². The number of hydrogen-bond donors (Lipinski definition) is 1. The third-order valence-corrected chi connectivity index (χ3v) is 4.66. The van der Waals surface area contributed by atoms with Crippen LogP contribution in [-0.2, 0) is 9.47 Å². The molecule has 1 fully saturated rings. The Morgan fingerprint density at radius 1 is 1.40 bits per heavy atom. The SMILES string of the molecule is CC1C[C@H](n2ccc(N)nc2=O)O[C@]1(C)COC(=O)c1ccccc1. The summed E-state index contributed by atoms with van der Waals surface area (Å²) < 4.78 is 12.9. The minimum atomic E-state index is -0.685. The summed E-state index contributed by atoms with van der Waals surface area (Å²) in [6.45, 7) is 3.99. The Hall–Kier alpha value is -2.67. The van der Waals surface area contributed by atoms with Crippen molar-refractivity contribution in [2.45, 2.75) is 32.1 Å². The van der Waals surface area contributed by atoms with Gasteiger partial charge in [-0.15, -0.1) is 0 Å². The zero-order chi connectivity index (χ0) is 18.0. The lowest BCUT2D eigenvalue weighted by Crippen LogP contribution is -2.37. The van der Waals surface area contributed by atoms with E-state index < -0.39 is 23.5 Å². The number of carbonyl (C=O) groups excluding carboxylic acids is 1. The van der Waals surface area contributed by atoms with Gasteiger partial charge in [0.25, 0.3) is 0 Å². The number of rotatable bonds is 4. The van der Waals surface area contributed by atoms with Gasteiger partial charge in [-0.1, -0.05) is 25.1 Å². The molecule has 1 aliphatic rings. The Morgan fingerprint density at radius 2 is 2.12 bits per heavy atom. The molecule has 2 aromatic rings. The lowest BCUT2D eigenvalue weighted by molar-refractivity contribution is -0.103. The zero-order valence-electron chi connectivity index (χ0n) is 14.2. The highest BCUT2D eigenvalue weighted by atomic mass is 16.6. The van der Waals surface area contributed by atoms with Gasteiger partial charge in [0.2, 0.25) is 0 Å². The van der Waals surface area contributed by atoms with Crippen molar-refractivity contribution in [1.29, 1.82) is 0 Å². The molecule has 1 aliphatic heterocycles. The Balaban J connectivity index is 1.69. The second-order valence-electron chi connectivity index (χ2n) is 6.51. The lowest BCUT2D eigenvalue weighted by atomic mass is 9.91. The van der Waals surface area contributed by atoms with Crippen LogP contribution in [0, 0.1) is 5.92 Å². The van der Waals surface area contributed by atoms with Crippen LogP contribution < -0.4 is 11.4 Å². The van der Waals surface area contributed by atoms with Crippen LogP contribution in [0.1, 0.15) is 36.9 Å². The third kappa shape index (κ3) is 3.56. The fourth-order valence-corrected chi connectivity index (χ4v) is 2.88. The molecule has 3 atom stereocenters. The van der Waals surface area contributed by atoms with Gasteiger partial charge in [-0.05, 0) is 37.5 Å². The van der Waals surface area contributed by atoms with E-state index in [-0.39, 0.29) is 18.3 Å². The molecule has 1 unspecified atom stereocenters. The van der Waals surface area contributed by atoms with Crippen molar-refractivity contribution in [2.24, 2.45) is 5.92 Å². The molecule has 1 aromatic carbocycles. The average molecular weight is 343 g/mol. The predicted octanol–water partition coefficient (Wildman–Crippen LogP) is 2.00. The summed E-state index contributed by atoms with van der Waals surface area (Å²) in [5.74, 6) is -0.134. The van der Waals surface area contributed by atoms with E-state index in [1.165, 1.54) is 4.57 Å². The molecule has 7 nitrogen and oxygen atoms in total. The Bertz CT molecular complexity index is 821. The number of nitrogen functional groups attached to an aromatic ring is 1. The van der Waals surface area contributed by atoms with Gasteiger partial charge in [-0.3, -0.25) is 4.57 Å². The highest BCUT2D eigenvalue weighted by molar-refractivity contribution is 5.89. The van der Waals surface area contributed by atoms with Crippen molar-refractivity contribution in [3.8, 4) is 0 Å². The molecule has 1 aromatic heterocycles. The van der Waals surface area contributed by atoms with Crippen LogP contribution in [0.4, 0.5) is 5.82 Å². The topological polar surface area (TPSA) is 96.4 Å². The first-order valence-corrected chi connectivity index (χ1v) is 8.14. The Labute approximate surface area is 145 Å². The largest absolute Gasteiger partial charge is 0.459 e. The lowest BCUT2D eigenvalue weighted by Gasteiger charge is -2.28. The predicted molar refractivity (Wildman–Crippen MR) is 91.9 cm³/mol. The summed E-state index contributed by atoms with van der Waals surface area (Å²) in [5.41, 5.74) is 4.87. The van der Waals surface area contributed by atoms with Crippen LogP contribution in [0.5, 0.6) is 0 Å². The quantitative estimate of drug-likeness (QED) is 0.853. The van der Waals surface area contributed by atoms with Gasteiger partial charge in [-0.2, -0.15) is 4.98 Å². The van der Waals surface area contributed by atoms with E-state index in [0.717, 1.165) is 0 Å². The highest BCUT2D eigenvalue weighted by Crippen LogP contribution is 2.40. The molecule has 3 rings (SSSR count). The minimum Gasteiger partial charge on any atom is -0.459 e. The van der Waals surface area contributed by atoms with Crippen LogP contribution >= 0.6 is 0 Å². The summed E-state index contributed by atoms with van der Waals surface area (Å²) in [6, 6.07) is 10.4. The van der Waals surface area contributed by atoms with Crippen LogP contribution in [0.15, 0.2) is 47.4 Å². The third-order valence-electron chi connectivity index (χ3n) is 4.66. The number of carbonyl (C=O) groups is 1. The molecular weight excluding hydrogens is 322 g/mol. The zero-order valence-corrected chi connectivity index (χ0v) is 14.2. The van der Waals surface area contributed by atoms with Crippen molar-refractivity contribution in [3.05, 3.63) is 58.6 Å². The molecule has 1 saturated heterocycles. The number of esters is 1. The molecule has 0 amide bonds. The standard InChI is InChI=1S/C18H21N3O4/c1-12-10-15(21-9-8-14(19)20-17(21)23)25-18(12,2)11-24-16(22)13-6-4-3-5-7-13/h3-9,12,15H,10-11H2,1-2H3,(H2,19,20,23)/t12?,15-,18-/m1/s1. The first kappa shape index (κ1) is 17.2. The molecule has 0 radical (unpaired) electrons. The van der Waals surface area contributed by atoms with Crippen molar-refractivity contribution in [3.63, 3.8) is 0 Å². The van der Waals surface area contributed by atoms with E-state index in [0.29, 0.717) is 12.0 Å². The maximum Gasteiger partial charge on any atom is 0.351 e. The van der Waals surface area contributed by atoms with Crippen LogP contribution in [0.25, 0.3) is 0 Å². The molecule has 0 bridgehead atoms. The number of anilines is 1. The summed E-state index contributed by atoms with van der Waals surface area (Å²) in [4.78, 5) is 27.9. The van der Waals surface area contributed by atoms with Gasteiger partial charge in [0.05, 0.1) is 5.56 Å². The summed E-state index contributed by atoms with van der Waals surface area (Å²) >= 11 is 0. The average Bonchev–Trinajstić information content (AvgIpc) is 2.89. The van der Waals surface area contributed by atoms with Crippen LogP contribution in [0.2, 0.25) is 0 Å². The second kappa shape index (κ2) is 6.68. The van der Waals surface area contributed by atoms with Crippen molar-refractivity contribution in [1.82, 2.24) is 9.55 Å².